The fraction of sp³-hybridized carbons (Fsp3) is 0. The molecule has 0 radical (unpaired) electrons. The molecule has 0 amide bonds. The molecule has 54 heavy (non-hydrogen) atoms. The average molecular weight is 693 g/mol. The second-order valence-electron chi connectivity index (χ2n) is 13.2. The smallest absolute Gasteiger partial charge is 0.164 e. The van der Waals surface area contributed by atoms with Gasteiger partial charge in [-0.1, -0.05) is 152 Å². The van der Waals surface area contributed by atoms with Crippen LogP contribution in [0, 0.1) is 0 Å². The summed E-state index contributed by atoms with van der Waals surface area (Å²) in [6.45, 7) is 0. The highest BCUT2D eigenvalue weighted by atomic mass is 16.3. The van der Waals surface area contributed by atoms with Crippen LogP contribution in [0.3, 0.4) is 0 Å². The summed E-state index contributed by atoms with van der Waals surface area (Å²) in [6, 6.07) is 66.8. The van der Waals surface area contributed by atoms with Gasteiger partial charge >= 0.3 is 0 Å². The highest BCUT2D eigenvalue weighted by Crippen LogP contribution is 2.43. The van der Waals surface area contributed by atoms with E-state index >= 15 is 0 Å². The van der Waals surface area contributed by atoms with Crippen LogP contribution >= 0.6 is 0 Å². The maximum absolute atomic E-state index is 6.84. The Balaban J connectivity index is 1.11. The second kappa shape index (κ2) is 13.3. The Kier molecular flexibility index (Phi) is 7.73. The summed E-state index contributed by atoms with van der Waals surface area (Å²) in [7, 11) is 0. The van der Waals surface area contributed by atoms with Crippen molar-refractivity contribution in [2.75, 3.05) is 4.90 Å². The van der Waals surface area contributed by atoms with E-state index in [0.717, 1.165) is 66.5 Å². The van der Waals surface area contributed by atoms with Gasteiger partial charge in [0.15, 0.2) is 23.1 Å². The van der Waals surface area contributed by atoms with E-state index in [0.29, 0.717) is 17.5 Å². The van der Waals surface area contributed by atoms with Gasteiger partial charge in [-0.25, -0.2) is 15.0 Å². The van der Waals surface area contributed by atoms with Gasteiger partial charge in [0.1, 0.15) is 5.58 Å². The van der Waals surface area contributed by atoms with Crippen molar-refractivity contribution in [3.8, 4) is 45.3 Å². The monoisotopic (exact) mass is 692 g/mol. The second-order valence-corrected chi connectivity index (χ2v) is 13.2. The summed E-state index contributed by atoms with van der Waals surface area (Å²) in [4.78, 5) is 17.4. The maximum Gasteiger partial charge on any atom is 0.164 e. The van der Waals surface area contributed by atoms with E-state index in [4.69, 9.17) is 19.4 Å². The number of benzene rings is 8. The first-order chi connectivity index (χ1) is 26.8. The lowest BCUT2D eigenvalue weighted by molar-refractivity contribution is 0.669. The Bertz CT molecular complexity index is 2920. The molecular weight excluding hydrogens is 661 g/mol. The third-order valence-electron chi connectivity index (χ3n) is 9.92. The van der Waals surface area contributed by atoms with Crippen LogP contribution in [0.5, 0.6) is 0 Å². The highest BCUT2D eigenvalue weighted by Gasteiger charge is 2.21. The fourth-order valence-corrected chi connectivity index (χ4v) is 7.30. The lowest BCUT2D eigenvalue weighted by atomic mass is 10.0. The van der Waals surface area contributed by atoms with Crippen molar-refractivity contribution >= 4 is 49.8 Å². The Morgan fingerprint density at radius 3 is 1.70 bits per heavy atom. The molecule has 0 fully saturated rings. The lowest BCUT2D eigenvalue weighted by Crippen LogP contribution is -2.10. The molecule has 0 bridgehead atoms. The Labute approximate surface area is 312 Å². The first kappa shape index (κ1) is 31.4. The summed E-state index contributed by atoms with van der Waals surface area (Å²) < 4.78 is 6.84. The standard InChI is InChI=1S/C49H32N4O/c1-4-14-33(15-5-1)34-26-29-39(30-27-34)53(38-20-8-3-9-21-38)44-25-13-23-42-41-31-28-37(32-45(41)54-46(42)44)48-50-47(36-17-6-2-7-18-36)51-49(52-48)43-24-12-19-35-16-10-11-22-40(35)43/h1-32H. The molecule has 5 nitrogen and oxygen atoms in total. The third-order valence-corrected chi connectivity index (χ3v) is 9.92. The number of nitrogens with zero attached hydrogens (tertiary/aromatic N) is 4. The fourth-order valence-electron chi connectivity index (χ4n) is 7.30. The minimum atomic E-state index is 0.582. The van der Waals surface area contributed by atoms with Gasteiger partial charge in [-0.3, -0.25) is 0 Å². The Hall–Kier alpha value is -7.37. The SMILES string of the molecule is c1ccc(-c2ccc(N(c3ccccc3)c3cccc4c3oc3cc(-c5nc(-c6ccccc6)nc(-c6cccc7ccccc67)n5)ccc34)cc2)cc1. The van der Waals surface area contributed by atoms with E-state index in [1.54, 1.807) is 0 Å². The zero-order valence-corrected chi connectivity index (χ0v) is 29.2. The number of fused-ring (bicyclic) bond motifs is 4. The third kappa shape index (κ3) is 5.65. The van der Waals surface area contributed by atoms with E-state index in [-0.39, 0.29) is 0 Å². The molecule has 0 atom stereocenters. The first-order valence-electron chi connectivity index (χ1n) is 18.0. The molecule has 10 rings (SSSR count). The van der Waals surface area contributed by atoms with Crippen molar-refractivity contribution in [3.63, 3.8) is 0 Å². The van der Waals surface area contributed by atoms with Gasteiger partial charge in [0.05, 0.1) is 5.69 Å². The lowest BCUT2D eigenvalue weighted by Gasteiger charge is -2.25. The van der Waals surface area contributed by atoms with Gasteiger partial charge in [0.25, 0.3) is 0 Å². The van der Waals surface area contributed by atoms with Crippen molar-refractivity contribution < 1.29 is 4.42 Å². The summed E-state index contributed by atoms with van der Waals surface area (Å²) in [5, 5.41) is 4.28. The summed E-state index contributed by atoms with van der Waals surface area (Å²) >= 11 is 0. The normalized spacial score (nSPS) is 11.3. The first-order valence-corrected chi connectivity index (χ1v) is 18.0. The van der Waals surface area contributed by atoms with E-state index in [2.05, 4.69) is 157 Å². The molecule has 10 aromatic rings. The Morgan fingerprint density at radius 1 is 0.370 bits per heavy atom. The van der Waals surface area contributed by atoms with Crippen LogP contribution in [-0.4, -0.2) is 15.0 Å². The highest BCUT2D eigenvalue weighted by molar-refractivity contribution is 6.11. The van der Waals surface area contributed by atoms with Crippen molar-refractivity contribution in [1.29, 1.82) is 0 Å². The van der Waals surface area contributed by atoms with Gasteiger partial charge in [0, 0.05) is 38.8 Å². The van der Waals surface area contributed by atoms with Gasteiger partial charge in [-0.2, -0.15) is 0 Å². The molecule has 2 heterocycles. The predicted molar refractivity (Wildman–Crippen MR) is 221 cm³/mol. The average Bonchev–Trinajstić information content (AvgIpc) is 3.63. The largest absolute Gasteiger partial charge is 0.454 e. The van der Waals surface area contributed by atoms with Crippen molar-refractivity contribution in [2.24, 2.45) is 0 Å². The molecule has 2 aromatic heterocycles. The van der Waals surface area contributed by atoms with Crippen LogP contribution < -0.4 is 4.90 Å². The number of hydrogen-bond donors (Lipinski definition) is 0. The molecule has 0 aliphatic rings. The molecule has 0 aliphatic carbocycles. The van der Waals surface area contributed by atoms with Gasteiger partial charge in [0.2, 0.25) is 0 Å². The van der Waals surface area contributed by atoms with E-state index in [9.17, 15) is 0 Å². The number of anilines is 3. The summed E-state index contributed by atoms with van der Waals surface area (Å²) in [5.74, 6) is 1.82. The van der Waals surface area contributed by atoms with E-state index in [1.165, 1.54) is 11.1 Å². The molecule has 0 N–H and O–H groups in total. The molecule has 0 aliphatic heterocycles. The summed E-state index contributed by atoms with van der Waals surface area (Å²) in [6.07, 6.45) is 0. The number of para-hydroxylation sites is 2. The molecule has 254 valence electrons. The molecule has 0 saturated heterocycles. The summed E-state index contributed by atoms with van der Waals surface area (Å²) in [5.41, 5.74) is 9.68. The van der Waals surface area contributed by atoms with Crippen LogP contribution in [0.2, 0.25) is 0 Å². The number of aromatic nitrogens is 3. The molecular formula is C49H32N4O. The van der Waals surface area contributed by atoms with Crippen molar-refractivity contribution in [3.05, 3.63) is 194 Å². The Morgan fingerprint density at radius 2 is 0.926 bits per heavy atom. The maximum atomic E-state index is 6.84. The van der Waals surface area contributed by atoms with Crippen LogP contribution in [0.1, 0.15) is 0 Å². The molecule has 0 saturated carbocycles. The van der Waals surface area contributed by atoms with Gasteiger partial charge < -0.3 is 9.32 Å². The quantitative estimate of drug-likeness (QED) is 0.166. The molecule has 0 unspecified atom stereocenters. The number of furan rings is 1. The predicted octanol–water partition coefficient (Wildman–Crippen LogP) is 13.1. The van der Waals surface area contributed by atoms with Gasteiger partial charge in [-0.05, 0) is 64.4 Å². The number of hydrogen-bond acceptors (Lipinski definition) is 5. The van der Waals surface area contributed by atoms with Crippen LogP contribution in [0.4, 0.5) is 17.1 Å². The molecule has 0 spiro atoms. The van der Waals surface area contributed by atoms with Crippen LogP contribution in [0.15, 0.2) is 199 Å². The topological polar surface area (TPSA) is 55.1 Å². The van der Waals surface area contributed by atoms with Gasteiger partial charge in [-0.15, -0.1) is 0 Å². The minimum absolute atomic E-state index is 0.582. The van der Waals surface area contributed by atoms with E-state index < -0.39 is 0 Å². The zero-order chi connectivity index (χ0) is 35.8. The van der Waals surface area contributed by atoms with E-state index in [1.807, 2.05) is 42.5 Å². The molecule has 8 aromatic carbocycles. The minimum Gasteiger partial charge on any atom is -0.454 e. The van der Waals surface area contributed by atoms with Crippen molar-refractivity contribution in [2.45, 2.75) is 0 Å². The van der Waals surface area contributed by atoms with Crippen LogP contribution in [-0.2, 0) is 0 Å². The zero-order valence-electron chi connectivity index (χ0n) is 29.2. The molecule has 5 heteroatoms. The number of rotatable bonds is 7. The van der Waals surface area contributed by atoms with Crippen LogP contribution in [0.25, 0.3) is 78.0 Å². The van der Waals surface area contributed by atoms with Crippen molar-refractivity contribution in [1.82, 2.24) is 15.0 Å².